The minimum atomic E-state index is 0.419. The normalized spacial score (nSPS) is 33.0. The van der Waals surface area contributed by atoms with Crippen molar-refractivity contribution in [2.24, 2.45) is 29.4 Å². The second kappa shape index (κ2) is 7.77. The maximum atomic E-state index is 6.38. The van der Waals surface area contributed by atoms with Gasteiger partial charge in [-0.15, -0.1) is 0 Å². The minimum Gasteiger partial charge on any atom is -0.381 e. The highest BCUT2D eigenvalue weighted by atomic mass is 16.5. The Kier molecular flexibility index (Phi) is 6.31. The van der Waals surface area contributed by atoms with Crippen LogP contribution in [0.15, 0.2) is 0 Å². The highest BCUT2D eigenvalue weighted by molar-refractivity contribution is 4.85. The number of rotatable bonds is 5. The van der Waals surface area contributed by atoms with Crippen LogP contribution in [0.5, 0.6) is 0 Å². The first kappa shape index (κ1) is 16.3. The number of ether oxygens (including phenoxy) is 1. The van der Waals surface area contributed by atoms with Crippen LogP contribution in [0.2, 0.25) is 0 Å². The summed E-state index contributed by atoms with van der Waals surface area (Å²) in [6.45, 7) is 9.04. The fourth-order valence-corrected chi connectivity index (χ4v) is 3.98. The Labute approximate surface area is 125 Å². The summed E-state index contributed by atoms with van der Waals surface area (Å²) in [5.41, 5.74) is 6.38. The molecule has 0 bridgehead atoms. The van der Waals surface area contributed by atoms with Crippen LogP contribution in [0.4, 0.5) is 0 Å². The summed E-state index contributed by atoms with van der Waals surface area (Å²) < 4.78 is 5.45. The molecule has 118 valence electrons. The lowest BCUT2D eigenvalue weighted by molar-refractivity contribution is 0.0509. The largest absolute Gasteiger partial charge is 0.381 e. The van der Waals surface area contributed by atoms with Crippen molar-refractivity contribution in [3.05, 3.63) is 0 Å². The number of hydrogen-bond donors (Lipinski definition) is 1. The van der Waals surface area contributed by atoms with Crippen molar-refractivity contribution in [3.8, 4) is 0 Å². The van der Waals surface area contributed by atoms with E-state index < -0.39 is 0 Å². The highest BCUT2D eigenvalue weighted by Gasteiger charge is 2.30. The molecular weight excluding hydrogens is 248 g/mol. The van der Waals surface area contributed by atoms with Crippen molar-refractivity contribution in [2.75, 3.05) is 33.4 Å². The first-order chi connectivity index (χ1) is 9.56. The topological polar surface area (TPSA) is 38.5 Å². The lowest BCUT2D eigenvalue weighted by Gasteiger charge is -2.38. The van der Waals surface area contributed by atoms with E-state index in [0.717, 1.165) is 31.0 Å². The second-order valence-electron chi connectivity index (χ2n) is 7.52. The van der Waals surface area contributed by atoms with Gasteiger partial charge in [-0.25, -0.2) is 0 Å². The average Bonchev–Trinajstić information content (AvgIpc) is 2.42. The summed E-state index contributed by atoms with van der Waals surface area (Å²) in [5, 5.41) is 0. The molecule has 2 N–H and O–H groups in total. The molecule has 1 aliphatic carbocycles. The smallest absolute Gasteiger partial charge is 0.0469 e. The number of nitrogens with zero attached hydrogens (tertiary/aromatic N) is 1. The molecule has 3 atom stereocenters. The molecule has 0 aromatic carbocycles. The summed E-state index contributed by atoms with van der Waals surface area (Å²) in [5.74, 6) is 3.22. The van der Waals surface area contributed by atoms with Gasteiger partial charge in [-0.1, -0.05) is 13.8 Å². The van der Waals surface area contributed by atoms with Gasteiger partial charge in [0.1, 0.15) is 0 Å². The Morgan fingerprint density at radius 2 is 1.80 bits per heavy atom. The van der Waals surface area contributed by atoms with Crippen LogP contribution in [0, 0.1) is 23.7 Å². The quantitative estimate of drug-likeness (QED) is 0.842. The van der Waals surface area contributed by atoms with Gasteiger partial charge in [0, 0.05) is 32.3 Å². The molecule has 0 radical (unpaired) electrons. The second-order valence-corrected chi connectivity index (χ2v) is 7.52. The standard InChI is InChI=1S/C17H34N2O/c1-13(2)15-4-5-17(18)16(10-15)12-19(3)11-14-6-8-20-9-7-14/h13-17H,4-12,18H2,1-3H3. The van der Waals surface area contributed by atoms with Crippen molar-refractivity contribution < 1.29 is 4.74 Å². The molecule has 1 heterocycles. The zero-order valence-electron chi connectivity index (χ0n) is 13.7. The zero-order valence-corrected chi connectivity index (χ0v) is 13.7. The van der Waals surface area contributed by atoms with Crippen LogP contribution < -0.4 is 5.73 Å². The molecule has 2 fully saturated rings. The Bertz CT molecular complexity index is 276. The van der Waals surface area contributed by atoms with Gasteiger partial charge in [-0.3, -0.25) is 0 Å². The Morgan fingerprint density at radius 1 is 1.10 bits per heavy atom. The molecule has 2 rings (SSSR count). The third kappa shape index (κ3) is 4.71. The molecule has 2 aliphatic rings. The molecule has 0 aromatic rings. The van der Waals surface area contributed by atoms with E-state index in [2.05, 4.69) is 25.8 Å². The summed E-state index contributed by atoms with van der Waals surface area (Å²) >= 11 is 0. The van der Waals surface area contributed by atoms with Crippen LogP contribution in [-0.2, 0) is 4.74 Å². The Morgan fingerprint density at radius 3 is 2.45 bits per heavy atom. The molecule has 0 amide bonds. The van der Waals surface area contributed by atoms with Crippen LogP contribution in [0.1, 0.15) is 46.0 Å². The van der Waals surface area contributed by atoms with Gasteiger partial charge in [0.15, 0.2) is 0 Å². The van der Waals surface area contributed by atoms with Gasteiger partial charge in [0.2, 0.25) is 0 Å². The van der Waals surface area contributed by atoms with E-state index in [1.165, 1.54) is 45.2 Å². The van der Waals surface area contributed by atoms with E-state index in [9.17, 15) is 0 Å². The van der Waals surface area contributed by atoms with Gasteiger partial charge >= 0.3 is 0 Å². The summed E-state index contributed by atoms with van der Waals surface area (Å²) in [6.07, 6.45) is 6.35. The SMILES string of the molecule is CC(C)C1CCC(N)C(CN(C)CC2CCOCC2)C1. The van der Waals surface area contributed by atoms with E-state index in [1.54, 1.807) is 0 Å². The molecule has 0 aromatic heterocycles. The molecule has 0 spiro atoms. The molecule has 1 saturated heterocycles. The maximum absolute atomic E-state index is 6.38. The van der Waals surface area contributed by atoms with E-state index in [4.69, 9.17) is 10.5 Å². The Hall–Kier alpha value is -0.120. The fraction of sp³-hybridized carbons (Fsp3) is 1.00. The van der Waals surface area contributed by atoms with E-state index >= 15 is 0 Å². The third-order valence-corrected chi connectivity index (χ3v) is 5.48. The third-order valence-electron chi connectivity index (χ3n) is 5.48. The highest BCUT2D eigenvalue weighted by Crippen LogP contribution is 2.33. The number of nitrogens with two attached hydrogens (primary N) is 1. The minimum absolute atomic E-state index is 0.419. The van der Waals surface area contributed by atoms with Crippen molar-refractivity contribution in [3.63, 3.8) is 0 Å². The van der Waals surface area contributed by atoms with E-state index in [1.807, 2.05) is 0 Å². The molecule has 3 heteroatoms. The van der Waals surface area contributed by atoms with Crippen LogP contribution in [0.25, 0.3) is 0 Å². The van der Waals surface area contributed by atoms with Gasteiger partial charge < -0.3 is 15.4 Å². The first-order valence-corrected chi connectivity index (χ1v) is 8.58. The van der Waals surface area contributed by atoms with E-state index in [-0.39, 0.29) is 0 Å². The van der Waals surface area contributed by atoms with Crippen LogP contribution in [0.3, 0.4) is 0 Å². The molecule has 3 unspecified atom stereocenters. The first-order valence-electron chi connectivity index (χ1n) is 8.58. The predicted molar refractivity (Wildman–Crippen MR) is 84.7 cm³/mol. The zero-order chi connectivity index (χ0) is 14.5. The summed E-state index contributed by atoms with van der Waals surface area (Å²) in [7, 11) is 2.28. The molecule has 20 heavy (non-hydrogen) atoms. The van der Waals surface area contributed by atoms with E-state index in [0.29, 0.717) is 12.0 Å². The van der Waals surface area contributed by atoms with Crippen molar-refractivity contribution in [1.82, 2.24) is 4.90 Å². The fourth-order valence-electron chi connectivity index (χ4n) is 3.98. The Balaban J connectivity index is 1.77. The lowest BCUT2D eigenvalue weighted by Crippen LogP contribution is -2.44. The van der Waals surface area contributed by atoms with Crippen LogP contribution >= 0.6 is 0 Å². The summed E-state index contributed by atoms with van der Waals surface area (Å²) in [6, 6.07) is 0.419. The maximum Gasteiger partial charge on any atom is 0.0469 e. The van der Waals surface area contributed by atoms with Gasteiger partial charge in [0.25, 0.3) is 0 Å². The van der Waals surface area contributed by atoms with Gasteiger partial charge in [-0.05, 0) is 62.8 Å². The molecular formula is C17H34N2O. The average molecular weight is 282 g/mol. The molecule has 1 saturated carbocycles. The summed E-state index contributed by atoms with van der Waals surface area (Å²) in [4.78, 5) is 2.53. The van der Waals surface area contributed by atoms with Crippen molar-refractivity contribution in [1.29, 1.82) is 0 Å². The lowest BCUT2D eigenvalue weighted by atomic mass is 9.73. The van der Waals surface area contributed by atoms with Gasteiger partial charge in [0.05, 0.1) is 0 Å². The van der Waals surface area contributed by atoms with Crippen LogP contribution in [-0.4, -0.2) is 44.3 Å². The molecule has 3 nitrogen and oxygen atoms in total. The number of hydrogen-bond acceptors (Lipinski definition) is 3. The van der Waals surface area contributed by atoms with Crippen molar-refractivity contribution >= 4 is 0 Å². The van der Waals surface area contributed by atoms with Gasteiger partial charge in [-0.2, -0.15) is 0 Å². The molecule has 1 aliphatic heterocycles. The van der Waals surface area contributed by atoms with Crippen molar-refractivity contribution in [2.45, 2.75) is 52.0 Å². The monoisotopic (exact) mass is 282 g/mol. The predicted octanol–water partition coefficient (Wildman–Crippen LogP) is 2.74.